The number of carbonyl (C=O) groups is 1. The summed E-state index contributed by atoms with van der Waals surface area (Å²) >= 11 is 0. The number of nitrogens with one attached hydrogen (secondary N) is 1. The number of aryl methyl sites for hydroxylation is 1. The molecule has 0 spiro atoms. The molecule has 3 heterocycles. The van der Waals surface area contributed by atoms with Crippen molar-refractivity contribution in [2.45, 2.75) is 25.8 Å². The molecular weight excluding hydrogens is 393 g/mol. The molecule has 2 aliphatic heterocycles. The van der Waals surface area contributed by atoms with Crippen LogP contribution < -0.4 is 10.9 Å². The Labute approximate surface area is 180 Å². The van der Waals surface area contributed by atoms with Crippen molar-refractivity contribution in [3.05, 3.63) is 88.1 Å². The summed E-state index contributed by atoms with van der Waals surface area (Å²) < 4.78 is 16.4. The van der Waals surface area contributed by atoms with E-state index < -0.39 is 0 Å². The predicted octanol–water partition coefficient (Wildman–Crippen LogP) is 4.61. The number of hydrogen-bond acceptors (Lipinski definition) is 2. The van der Waals surface area contributed by atoms with Crippen LogP contribution in [0.25, 0.3) is 11.1 Å². The lowest BCUT2D eigenvalue weighted by molar-refractivity contribution is 0.140. The van der Waals surface area contributed by atoms with Crippen molar-refractivity contribution < 1.29 is 9.18 Å². The molecule has 1 aromatic heterocycles. The fourth-order valence-electron chi connectivity index (χ4n) is 4.93. The lowest BCUT2D eigenvalue weighted by atomic mass is 9.80. The van der Waals surface area contributed by atoms with Gasteiger partial charge in [-0.2, -0.15) is 0 Å². The molecule has 158 valence electrons. The highest BCUT2D eigenvalue weighted by atomic mass is 19.1. The molecule has 2 aliphatic rings. The number of halogens is 1. The Hall–Kier alpha value is -3.41. The summed E-state index contributed by atoms with van der Waals surface area (Å²) in [5.74, 6) is -0.126. The Morgan fingerprint density at radius 3 is 2.52 bits per heavy atom. The van der Waals surface area contributed by atoms with Crippen molar-refractivity contribution in [3.8, 4) is 11.1 Å². The lowest BCUT2D eigenvalue weighted by Crippen LogP contribution is -2.50. The number of likely N-dealkylation sites (tertiary alicyclic amines) is 1. The lowest BCUT2D eigenvalue weighted by Gasteiger charge is -2.43. The molecule has 1 N–H and O–H groups in total. The normalized spacial score (nSPS) is 19.6. The number of amides is 2. The third-order valence-corrected chi connectivity index (χ3v) is 6.34. The average Bonchev–Trinajstić information content (AvgIpc) is 2.76. The average molecular weight is 417 g/mol. The Morgan fingerprint density at radius 2 is 1.74 bits per heavy atom. The van der Waals surface area contributed by atoms with Crippen LogP contribution in [-0.2, 0) is 6.54 Å². The molecule has 0 saturated carbocycles. The van der Waals surface area contributed by atoms with Gasteiger partial charge in [0.1, 0.15) is 5.82 Å². The van der Waals surface area contributed by atoms with Crippen LogP contribution >= 0.6 is 0 Å². The van der Waals surface area contributed by atoms with Crippen LogP contribution in [0, 0.1) is 18.7 Å². The third kappa shape index (κ3) is 3.63. The van der Waals surface area contributed by atoms with Crippen molar-refractivity contribution in [2.75, 3.05) is 18.4 Å². The number of hydrogen-bond donors (Lipinski definition) is 1. The molecule has 31 heavy (non-hydrogen) atoms. The first kappa shape index (κ1) is 19.5. The Balaban J connectivity index is 1.47. The van der Waals surface area contributed by atoms with Crippen LogP contribution in [0.2, 0.25) is 0 Å². The largest absolute Gasteiger partial charge is 0.324 e. The summed E-state index contributed by atoms with van der Waals surface area (Å²) in [4.78, 5) is 27.4. The second-order valence-electron chi connectivity index (χ2n) is 8.56. The number of benzene rings is 2. The van der Waals surface area contributed by atoms with Crippen molar-refractivity contribution in [1.29, 1.82) is 0 Å². The smallest absolute Gasteiger partial charge is 0.321 e. The molecular formula is C25H24FN3O2. The van der Waals surface area contributed by atoms with Gasteiger partial charge in [0.15, 0.2) is 0 Å². The molecule has 3 aromatic rings. The summed E-state index contributed by atoms with van der Waals surface area (Å²) in [6.45, 7) is 3.65. The number of fused-ring (bicyclic) bond motifs is 4. The van der Waals surface area contributed by atoms with E-state index in [-0.39, 0.29) is 29.2 Å². The maximum absolute atomic E-state index is 14.6. The minimum absolute atomic E-state index is 0.0141. The molecule has 2 bridgehead atoms. The maximum atomic E-state index is 14.6. The SMILES string of the molecule is Cc1ccc(NC(=O)N2C[C@@H]3C[C@H](C2)c2c(-c4ccccc4F)ccc(=O)n2C3)cc1. The molecule has 2 atom stereocenters. The topological polar surface area (TPSA) is 54.3 Å². The fourth-order valence-corrected chi connectivity index (χ4v) is 4.93. The molecule has 2 amide bonds. The number of anilines is 1. The van der Waals surface area contributed by atoms with Crippen molar-refractivity contribution in [1.82, 2.24) is 9.47 Å². The van der Waals surface area contributed by atoms with Gasteiger partial charge >= 0.3 is 6.03 Å². The van der Waals surface area contributed by atoms with Crippen LogP contribution in [-0.4, -0.2) is 28.6 Å². The Morgan fingerprint density at radius 1 is 0.968 bits per heavy atom. The third-order valence-electron chi connectivity index (χ3n) is 6.34. The van der Waals surface area contributed by atoms with Crippen LogP contribution in [0.5, 0.6) is 0 Å². The zero-order valence-electron chi connectivity index (χ0n) is 17.3. The molecule has 5 nitrogen and oxygen atoms in total. The molecule has 1 fully saturated rings. The second-order valence-corrected chi connectivity index (χ2v) is 8.56. The number of rotatable bonds is 2. The summed E-state index contributed by atoms with van der Waals surface area (Å²) in [6.07, 6.45) is 0.888. The first-order chi connectivity index (χ1) is 15.0. The van der Waals surface area contributed by atoms with E-state index >= 15 is 0 Å². The van der Waals surface area contributed by atoms with Gasteiger partial charge < -0.3 is 14.8 Å². The van der Waals surface area contributed by atoms with Crippen molar-refractivity contribution >= 4 is 11.7 Å². The quantitative estimate of drug-likeness (QED) is 0.662. The monoisotopic (exact) mass is 417 g/mol. The van der Waals surface area contributed by atoms with Crippen LogP contribution in [0.4, 0.5) is 14.9 Å². The van der Waals surface area contributed by atoms with Gasteiger partial charge in [-0.15, -0.1) is 0 Å². The van der Waals surface area contributed by atoms with Gasteiger partial charge in [0.25, 0.3) is 5.56 Å². The van der Waals surface area contributed by atoms with Crippen LogP contribution in [0.3, 0.4) is 0 Å². The zero-order chi connectivity index (χ0) is 21.5. The van der Waals surface area contributed by atoms with E-state index in [4.69, 9.17) is 0 Å². The number of aromatic nitrogens is 1. The number of urea groups is 1. The first-order valence-corrected chi connectivity index (χ1v) is 10.6. The predicted molar refractivity (Wildman–Crippen MR) is 119 cm³/mol. The molecule has 6 heteroatoms. The molecule has 0 unspecified atom stereocenters. The number of carbonyl (C=O) groups excluding carboxylic acids is 1. The van der Waals surface area contributed by atoms with Crippen LogP contribution in [0.1, 0.15) is 23.6 Å². The van der Waals surface area contributed by atoms with E-state index in [2.05, 4.69) is 5.32 Å². The van der Waals surface area contributed by atoms with Crippen LogP contribution in [0.15, 0.2) is 65.5 Å². The second kappa shape index (κ2) is 7.69. The summed E-state index contributed by atoms with van der Waals surface area (Å²) in [7, 11) is 0. The van der Waals surface area contributed by atoms with E-state index in [9.17, 15) is 14.0 Å². The molecule has 1 saturated heterocycles. The van der Waals surface area contributed by atoms with Gasteiger partial charge in [-0.1, -0.05) is 35.9 Å². The van der Waals surface area contributed by atoms with Gasteiger partial charge in [-0.3, -0.25) is 4.79 Å². The van der Waals surface area contributed by atoms with E-state index in [0.29, 0.717) is 25.2 Å². The summed E-state index contributed by atoms with van der Waals surface area (Å²) in [5.41, 5.74) is 3.89. The zero-order valence-corrected chi connectivity index (χ0v) is 17.3. The highest BCUT2D eigenvalue weighted by Gasteiger charge is 2.38. The molecule has 5 rings (SSSR count). The summed E-state index contributed by atoms with van der Waals surface area (Å²) in [5, 5.41) is 2.98. The van der Waals surface area contributed by atoms with Gasteiger partial charge in [0.2, 0.25) is 0 Å². The maximum Gasteiger partial charge on any atom is 0.321 e. The number of pyridine rings is 1. The van der Waals surface area contributed by atoms with E-state index in [1.807, 2.05) is 36.1 Å². The molecule has 0 radical (unpaired) electrons. The van der Waals surface area contributed by atoms with Crippen molar-refractivity contribution in [2.24, 2.45) is 5.92 Å². The Kier molecular flexibility index (Phi) is 4.85. The minimum atomic E-state index is -0.309. The van der Waals surface area contributed by atoms with E-state index in [1.165, 1.54) is 12.1 Å². The molecule has 2 aromatic carbocycles. The van der Waals surface area contributed by atoms with Gasteiger partial charge in [-0.25, -0.2) is 9.18 Å². The van der Waals surface area contributed by atoms with Gasteiger partial charge in [0, 0.05) is 54.1 Å². The van der Waals surface area contributed by atoms with E-state index in [1.54, 1.807) is 28.8 Å². The fraction of sp³-hybridized carbons (Fsp3) is 0.280. The van der Waals surface area contributed by atoms with Crippen molar-refractivity contribution in [3.63, 3.8) is 0 Å². The summed E-state index contributed by atoms with van der Waals surface area (Å²) in [6, 6.07) is 17.4. The highest BCUT2D eigenvalue weighted by molar-refractivity contribution is 5.89. The number of piperidine rings is 1. The first-order valence-electron chi connectivity index (χ1n) is 10.6. The number of nitrogens with zero attached hydrogens (tertiary/aromatic N) is 2. The minimum Gasteiger partial charge on any atom is -0.324 e. The van der Waals surface area contributed by atoms with Gasteiger partial charge in [0.05, 0.1) is 0 Å². The Bertz CT molecular complexity index is 1200. The standard InChI is InChI=1S/C25H24FN3O2/c1-16-6-8-19(9-7-16)27-25(31)28-13-17-12-18(15-28)24-21(10-11-23(30)29(24)14-17)20-4-2-3-5-22(20)26/h2-11,17-18H,12-15H2,1H3,(H,27,31)/t17-,18+/m0/s1. The highest BCUT2D eigenvalue weighted by Crippen LogP contribution is 2.40. The molecule has 0 aliphatic carbocycles. The van der Waals surface area contributed by atoms with E-state index in [0.717, 1.165) is 28.9 Å². The van der Waals surface area contributed by atoms with Gasteiger partial charge in [-0.05, 0) is 43.5 Å².